The number of hydrogen-bond acceptors (Lipinski definition) is 1. The lowest BCUT2D eigenvalue weighted by Crippen LogP contribution is -1.92. The summed E-state index contributed by atoms with van der Waals surface area (Å²) < 4.78 is 0. The van der Waals surface area contributed by atoms with Crippen LogP contribution >= 0.6 is 0 Å². The first-order chi connectivity index (χ1) is 8.56. The maximum absolute atomic E-state index is 9.60. The molecule has 92 valence electrons. The highest BCUT2D eigenvalue weighted by atomic mass is 16.4. The Kier molecular flexibility index (Phi) is 4.88. The standard InChI is InChI=1S/C12H10.C4H6O2/c1-2-10-7-5-8-11-6-3-4-9-12(10)11;1-3(2)4(5)6/h2-9H,1H2;1H2,2H3,(H,5,6). The average Bonchev–Trinajstić information content (AvgIpc) is 2.38. The number of fused-ring (bicyclic) bond motifs is 1. The van der Waals surface area contributed by atoms with Gasteiger partial charge in [0, 0.05) is 5.57 Å². The van der Waals surface area contributed by atoms with Crippen LogP contribution in [0.4, 0.5) is 0 Å². The Morgan fingerprint density at radius 2 is 1.72 bits per heavy atom. The Labute approximate surface area is 107 Å². The van der Waals surface area contributed by atoms with Crippen molar-refractivity contribution in [1.29, 1.82) is 0 Å². The molecule has 2 nitrogen and oxygen atoms in total. The van der Waals surface area contributed by atoms with Crippen LogP contribution in [0.2, 0.25) is 0 Å². The van der Waals surface area contributed by atoms with Crippen molar-refractivity contribution in [1.82, 2.24) is 0 Å². The smallest absolute Gasteiger partial charge is 0.330 e. The summed E-state index contributed by atoms with van der Waals surface area (Å²) in [6, 6.07) is 14.6. The third kappa shape index (κ3) is 3.59. The normalized spacial score (nSPS) is 9.17. The molecule has 2 heteroatoms. The van der Waals surface area contributed by atoms with Crippen molar-refractivity contribution in [3.63, 3.8) is 0 Å². The SMILES string of the molecule is C=C(C)C(=O)O.C=Cc1cccc2ccccc12. The van der Waals surface area contributed by atoms with Gasteiger partial charge < -0.3 is 5.11 Å². The molecule has 0 aromatic heterocycles. The van der Waals surface area contributed by atoms with Gasteiger partial charge in [0.2, 0.25) is 0 Å². The molecule has 0 saturated carbocycles. The lowest BCUT2D eigenvalue weighted by molar-refractivity contribution is -0.132. The molecule has 0 aliphatic heterocycles. The highest BCUT2D eigenvalue weighted by molar-refractivity contribution is 5.90. The van der Waals surface area contributed by atoms with Crippen LogP contribution in [-0.4, -0.2) is 11.1 Å². The third-order valence-electron chi connectivity index (χ3n) is 2.41. The lowest BCUT2D eigenvalue weighted by atomic mass is 10.1. The molecule has 0 atom stereocenters. The minimum atomic E-state index is -0.935. The first-order valence-electron chi connectivity index (χ1n) is 5.55. The number of carbonyl (C=O) groups is 1. The number of carboxylic acid groups (broad SMARTS) is 1. The van der Waals surface area contributed by atoms with Gasteiger partial charge in [0.25, 0.3) is 0 Å². The van der Waals surface area contributed by atoms with Crippen LogP contribution in [0.3, 0.4) is 0 Å². The molecule has 0 spiro atoms. The predicted molar refractivity (Wildman–Crippen MR) is 76.5 cm³/mol. The highest BCUT2D eigenvalue weighted by Gasteiger charge is 1.93. The summed E-state index contributed by atoms with van der Waals surface area (Å²) in [5.74, 6) is -0.935. The lowest BCUT2D eigenvalue weighted by Gasteiger charge is -1.99. The van der Waals surface area contributed by atoms with Crippen molar-refractivity contribution in [2.75, 3.05) is 0 Å². The van der Waals surface area contributed by atoms with Crippen molar-refractivity contribution in [3.05, 3.63) is 66.8 Å². The largest absolute Gasteiger partial charge is 0.478 e. The monoisotopic (exact) mass is 240 g/mol. The van der Waals surface area contributed by atoms with Crippen molar-refractivity contribution >= 4 is 22.8 Å². The fraction of sp³-hybridized carbons (Fsp3) is 0.0625. The fourth-order valence-electron chi connectivity index (χ4n) is 1.43. The number of carboxylic acids is 1. The van der Waals surface area contributed by atoms with Gasteiger partial charge in [-0.1, -0.05) is 61.7 Å². The maximum atomic E-state index is 9.60. The summed E-state index contributed by atoms with van der Waals surface area (Å²) >= 11 is 0. The Morgan fingerprint density at radius 3 is 2.28 bits per heavy atom. The molecule has 2 aromatic rings. The molecule has 0 fully saturated rings. The molecule has 0 heterocycles. The second-order valence-corrected chi connectivity index (χ2v) is 3.86. The van der Waals surface area contributed by atoms with Crippen LogP contribution < -0.4 is 0 Å². The maximum Gasteiger partial charge on any atom is 0.330 e. The molecule has 2 rings (SSSR count). The first kappa shape index (κ1) is 13.7. The molecular formula is C16H16O2. The van der Waals surface area contributed by atoms with Crippen LogP contribution in [0.1, 0.15) is 12.5 Å². The van der Waals surface area contributed by atoms with Gasteiger partial charge in [0.1, 0.15) is 0 Å². The molecule has 0 aliphatic rings. The Hall–Kier alpha value is -2.35. The average molecular weight is 240 g/mol. The molecule has 2 aromatic carbocycles. The van der Waals surface area contributed by atoms with Gasteiger partial charge in [0.05, 0.1) is 0 Å². The topological polar surface area (TPSA) is 37.3 Å². The molecular weight excluding hydrogens is 224 g/mol. The van der Waals surface area contributed by atoms with Crippen LogP contribution in [0.5, 0.6) is 0 Å². The van der Waals surface area contributed by atoms with Crippen molar-refractivity contribution in [2.45, 2.75) is 6.92 Å². The fourth-order valence-corrected chi connectivity index (χ4v) is 1.43. The van der Waals surface area contributed by atoms with Gasteiger partial charge in [0.15, 0.2) is 0 Å². The molecule has 0 amide bonds. The van der Waals surface area contributed by atoms with Gasteiger partial charge in [-0.25, -0.2) is 4.79 Å². The summed E-state index contributed by atoms with van der Waals surface area (Å²) in [6.45, 7) is 8.38. The highest BCUT2D eigenvalue weighted by Crippen LogP contribution is 2.18. The van der Waals surface area contributed by atoms with Gasteiger partial charge in [-0.15, -0.1) is 0 Å². The Bertz CT molecular complexity index is 565. The summed E-state index contributed by atoms with van der Waals surface area (Å²) in [7, 11) is 0. The van der Waals surface area contributed by atoms with E-state index in [2.05, 4.69) is 55.6 Å². The van der Waals surface area contributed by atoms with E-state index >= 15 is 0 Å². The molecule has 0 unspecified atom stereocenters. The van der Waals surface area contributed by atoms with E-state index in [4.69, 9.17) is 5.11 Å². The molecule has 18 heavy (non-hydrogen) atoms. The van der Waals surface area contributed by atoms with E-state index in [1.54, 1.807) is 0 Å². The predicted octanol–water partition coefficient (Wildman–Crippen LogP) is 4.13. The van der Waals surface area contributed by atoms with Crippen LogP contribution in [0, 0.1) is 0 Å². The van der Waals surface area contributed by atoms with Crippen molar-refractivity contribution < 1.29 is 9.90 Å². The Morgan fingerprint density at radius 1 is 1.17 bits per heavy atom. The number of hydrogen-bond donors (Lipinski definition) is 1. The zero-order chi connectivity index (χ0) is 13.5. The number of aliphatic carboxylic acids is 1. The third-order valence-corrected chi connectivity index (χ3v) is 2.41. The van der Waals surface area contributed by atoms with Crippen LogP contribution in [-0.2, 0) is 4.79 Å². The zero-order valence-corrected chi connectivity index (χ0v) is 10.4. The van der Waals surface area contributed by atoms with E-state index in [1.165, 1.54) is 23.3 Å². The van der Waals surface area contributed by atoms with Crippen molar-refractivity contribution in [3.8, 4) is 0 Å². The van der Waals surface area contributed by atoms with Gasteiger partial charge >= 0.3 is 5.97 Å². The van der Waals surface area contributed by atoms with E-state index in [-0.39, 0.29) is 5.57 Å². The molecule has 0 saturated heterocycles. The molecule has 0 radical (unpaired) electrons. The van der Waals surface area contributed by atoms with E-state index < -0.39 is 5.97 Å². The minimum Gasteiger partial charge on any atom is -0.478 e. The summed E-state index contributed by atoms with van der Waals surface area (Å²) in [5, 5.41) is 10.4. The summed E-state index contributed by atoms with van der Waals surface area (Å²) in [4.78, 5) is 9.60. The molecule has 0 aliphatic carbocycles. The number of rotatable bonds is 2. The van der Waals surface area contributed by atoms with Gasteiger partial charge in [-0.3, -0.25) is 0 Å². The van der Waals surface area contributed by atoms with Crippen LogP contribution in [0.15, 0.2) is 61.2 Å². The second-order valence-electron chi connectivity index (χ2n) is 3.86. The zero-order valence-electron chi connectivity index (χ0n) is 10.4. The van der Waals surface area contributed by atoms with Crippen molar-refractivity contribution in [2.24, 2.45) is 0 Å². The van der Waals surface area contributed by atoms with E-state index in [9.17, 15) is 4.79 Å². The minimum absolute atomic E-state index is 0.176. The van der Waals surface area contributed by atoms with Crippen LogP contribution in [0.25, 0.3) is 16.8 Å². The van der Waals surface area contributed by atoms with E-state index in [0.717, 1.165) is 0 Å². The number of benzene rings is 2. The van der Waals surface area contributed by atoms with E-state index in [1.807, 2.05) is 6.08 Å². The quantitative estimate of drug-likeness (QED) is 0.801. The molecule has 1 N–H and O–H groups in total. The summed E-state index contributed by atoms with van der Waals surface area (Å²) in [6.07, 6.45) is 1.89. The second kappa shape index (κ2) is 6.40. The first-order valence-corrected chi connectivity index (χ1v) is 5.55. The van der Waals surface area contributed by atoms with Gasteiger partial charge in [-0.2, -0.15) is 0 Å². The van der Waals surface area contributed by atoms with E-state index in [0.29, 0.717) is 0 Å². The summed E-state index contributed by atoms with van der Waals surface area (Å²) in [5.41, 5.74) is 1.38. The molecule has 0 bridgehead atoms. The Balaban J connectivity index is 0.000000232. The van der Waals surface area contributed by atoms with Gasteiger partial charge in [-0.05, 0) is 23.3 Å².